The smallest absolute Gasteiger partial charge is 0.347 e. The maximum atomic E-state index is 13.5. The molecule has 0 aromatic heterocycles. The lowest BCUT2D eigenvalue weighted by molar-refractivity contribution is -0.825. The summed E-state index contributed by atoms with van der Waals surface area (Å²) in [6.07, 6.45) is 4.66. The first-order chi connectivity index (χ1) is 15.0. The number of benzene rings is 1. The van der Waals surface area contributed by atoms with Crippen LogP contribution in [-0.2, 0) is 20.9 Å². The molecule has 4 rings (SSSR count). The topological polar surface area (TPSA) is 120 Å². The van der Waals surface area contributed by atoms with Gasteiger partial charge in [0.1, 0.15) is 6.54 Å². The molecule has 0 spiro atoms. The second-order valence-electron chi connectivity index (χ2n) is 8.53. The van der Waals surface area contributed by atoms with Gasteiger partial charge in [0, 0.05) is 43.7 Å². The van der Waals surface area contributed by atoms with Crippen molar-refractivity contribution < 1.29 is 23.8 Å². The van der Waals surface area contributed by atoms with Crippen molar-refractivity contribution in [2.75, 3.05) is 31.6 Å². The molecule has 0 aliphatic carbocycles. The molecule has 2 fully saturated rings. The Balaban J connectivity index is 1.32. The number of hydroxylamine groups is 3. The van der Waals surface area contributed by atoms with E-state index in [2.05, 4.69) is 16.0 Å². The molecule has 2 unspecified atom stereocenters. The van der Waals surface area contributed by atoms with Crippen LogP contribution in [0.1, 0.15) is 54.4 Å². The molecule has 1 aromatic carbocycles. The van der Waals surface area contributed by atoms with E-state index in [4.69, 9.17) is 4.74 Å². The summed E-state index contributed by atoms with van der Waals surface area (Å²) in [6.45, 7) is 3.28. The first-order valence-corrected chi connectivity index (χ1v) is 11.1. The standard InChI is InChI=1S/C22H30N4O5/c27-20-9-8-19(21(28)25-20)26(30)14-17-16(22(26)29)6-4-7-18(17)24-10-3-1-2-5-15-13-23-11-12-31-15/h4,6-7,15,19,23-24H,1-3,5,8-14H2,(H,25,27,28)/t15-,19?,26?/m1/s1. The molecule has 3 heterocycles. The Hall–Kier alpha value is -2.33. The number of quaternary nitrogens is 1. The van der Waals surface area contributed by atoms with Crippen molar-refractivity contribution in [3.8, 4) is 0 Å². The molecule has 9 nitrogen and oxygen atoms in total. The minimum absolute atomic E-state index is 0.0787. The molecule has 1 aromatic rings. The van der Waals surface area contributed by atoms with E-state index in [0.29, 0.717) is 17.2 Å². The Bertz CT molecular complexity index is 854. The quantitative estimate of drug-likeness (QED) is 0.247. The fourth-order valence-electron chi connectivity index (χ4n) is 4.67. The summed E-state index contributed by atoms with van der Waals surface area (Å²) in [7, 11) is 0. The van der Waals surface area contributed by atoms with Crippen molar-refractivity contribution in [2.45, 2.75) is 57.2 Å². The summed E-state index contributed by atoms with van der Waals surface area (Å²) in [5.41, 5.74) is 1.80. The number of hydrogen-bond acceptors (Lipinski definition) is 7. The zero-order chi connectivity index (χ0) is 21.8. The molecule has 3 atom stereocenters. The average Bonchev–Trinajstić information content (AvgIpc) is 3.03. The summed E-state index contributed by atoms with van der Waals surface area (Å²) in [5.74, 6) is -1.65. The highest BCUT2D eigenvalue weighted by molar-refractivity contribution is 6.02. The number of unbranched alkanes of at least 4 members (excludes halogenated alkanes) is 2. The Kier molecular flexibility index (Phi) is 6.66. The fourth-order valence-corrected chi connectivity index (χ4v) is 4.67. The van der Waals surface area contributed by atoms with Gasteiger partial charge in [0.05, 0.1) is 18.3 Å². The van der Waals surface area contributed by atoms with Gasteiger partial charge in [0.25, 0.3) is 5.91 Å². The highest BCUT2D eigenvalue weighted by atomic mass is 16.6. The Morgan fingerprint density at radius 2 is 2.06 bits per heavy atom. The van der Waals surface area contributed by atoms with Gasteiger partial charge in [-0.1, -0.05) is 18.9 Å². The summed E-state index contributed by atoms with van der Waals surface area (Å²) >= 11 is 0. The third kappa shape index (κ3) is 4.64. The van der Waals surface area contributed by atoms with Crippen LogP contribution in [0.2, 0.25) is 0 Å². The summed E-state index contributed by atoms with van der Waals surface area (Å²) in [5, 5.41) is 22.3. The molecular formula is C22H30N4O5. The maximum Gasteiger partial charge on any atom is 0.347 e. The maximum absolute atomic E-state index is 13.5. The predicted octanol–water partition coefficient (Wildman–Crippen LogP) is 1.42. The van der Waals surface area contributed by atoms with Gasteiger partial charge < -0.3 is 20.6 Å². The number of nitrogens with zero attached hydrogens (tertiary/aromatic N) is 1. The average molecular weight is 431 g/mol. The van der Waals surface area contributed by atoms with Gasteiger partial charge in [-0.25, -0.2) is 4.79 Å². The lowest BCUT2D eigenvalue weighted by Crippen LogP contribution is -2.60. The Morgan fingerprint density at radius 1 is 1.19 bits per heavy atom. The van der Waals surface area contributed by atoms with Crippen LogP contribution in [0.4, 0.5) is 5.69 Å². The molecule has 0 radical (unpaired) electrons. The number of anilines is 1. The molecular weight excluding hydrogens is 400 g/mol. The fraction of sp³-hybridized carbons (Fsp3) is 0.591. The number of imide groups is 1. The molecule has 3 aliphatic rings. The zero-order valence-corrected chi connectivity index (χ0v) is 17.7. The first kappa shape index (κ1) is 21.9. The highest BCUT2D eigenvalue weighted by Crippen LogP contribution is 2.37. The number of ether oxygens (including phenoxy) is 1. The van der Waals surface area contributed by atoms with E-state index in [-0.39, 0.29) is 19.4 Å². The van der Waals surface area contributed by atoms with Gasteiger partial charge >= 0.3 is 5.91 Å². The minimum atomic E-state index is -1.25. The van der Waals surface area contributed by atoms with Crippen LogP contribution in [0, 0.1) is 5.21 Å². The summed E-state index contributed by atoms with van der Waals surface area (Å²) in [6, 6.07) is 4.19. The van der Waals surface area contributed by atoms with E-state index in [0.717, 1.165) is 57.6 Å². The normalized spacial score (nSPS) is 28.4. The van der Waals surface area contributed by atoms with Crippen molar-refractivity contribution in [3.63, 3.8) is 0 Å². The molecule has 31 heavy (non-hydrogen) atoms. The number of nitrogens with one attached hydrogen (secondary N) is 3. The number of morpholine rings is 1. The third-order valence-electron chi connectivity index (χ3n) is 6.38. The van der Waals surface area contributed by atoms with Crippen LogP contribution in [0.3, 0.4) is 0 Å². The van der Waals surface area contributed by atoms with E-state index in [9.17, 15) is 19.6 Å². The van der Waals surface area contributed by atoms with Crippen molar-refractivity contribution in [1.82, 2.24) is 10.6 Å². The number of fused-ring (bicyclic) bond motifs is 1. The lowest BCUT2D eigenvalue weighted by Gasteiger charge is -2.42. The van der Waals surface area contributed by atoms with Crippen molar-refractivity contribution in [2.24, 2.45) is 0 Å². The third-order valence-corrected chi connectivity index (χ3v) is 6.38. The number of carbonyl (C=O) groups excluding carboxylic acids is 3. The molecule has 3 amide bonds. The van der Waals surface area contributed by atoms with E-state index in [1.54, 1.807) is 12.1 Å². The van der Waals surface area contributed by atoms with Gasteiger partial charge in [-0.3, -0.25) is 19.6 Å². The Morgan fingerprint density at radius 3 is 2.84 bits per heavy atom. The minimum Gasteiger partial charge on any atom is -0.624 e. The monoisotopic (exact) mass is 430 g/mol. The van der Waals surface area contributed by atoms with Crippen LogP contribution >= 0.6 is 0 Å². The molecule has 3 N–H and O–H groups in total. The van der Waals surface area contributed by atoms with E-state index in [1.165, 1.54) is 0 Å². The van der Waals surface area contributed by atoms with Gasteiger partial charge in [-0.2, -0.15) is 0 Å². The summed E-state index contributed by atoms with van der Waals surface area (Å²) < 4.78 is 4.46. The lowest BCUT2D eigenvalue weighted by atomic mass is 10.0. The van der Waals surface area contributed by atoms with E-state index in [1.807, 2.05) is 6.07 Å². The van der Waals surface area contributed by atoms with Crippen LogP contribution in [-0.4, -0.2) is 60.8 Å². The number of hydrogen-bond donors (Lipinski definition) is 3. The second-order valence-corrected chi connectivity index (χ2v) is 8.53. The SMILES string of the molecule is O=C1CCC([N+]2([O-])Cc3c(NCCCCC[C@@H]4CNCCO4)cccc3C2=O)C(=O)N1. The van der Waals surface area contributed by atoms with Gasteiger partial charge in [-0.15, -0.1) is 0 Å². The molecule has 0 bridgehead atoms. The van der Waals surface area contributed by atoms with Crippen molar-refractivity contribution in [1.29, 1.82) is 0 Å². The number of amides is 3. The summed E-state index contributed by atoms with van der Waals surface area (Å²) in [4.78, 5) is 36.6. The highest BCUT2D eigenvalue weighted by Gasteiger charge is 2.50. The Labute approximate surface area is 181 Å². The van der Waals surface area contributed by atoms with Crippen LogP contribution < -0.4 is 16.0 Å². The molecule has 0 saturated carbocycles. The number of carbonyl (C=O) groups is 3. The van der Waals surface area contributed by atoms with Crippen molar-refractivity contribution in [3.05, 3.63) is 34.5 Å². The predicted molar refractivity (Wildman–Crippen MR) is 114 cm³/mol. The largest absolute Gasteiger partial charge is 0.624 e. The van der Waals surface area contributed by atoms with Gasteiger partial charge in [0.2, 0.25) is 5.91 Å². The van der Waals surface area contributed by atoms with E-state index < -0.39 is 28.4 Å². The molecule has 2 saturated heterocycles. The van der Waals surface area contributed by atoms with Crippen LogP contribution in [0.5, 0.6) is 0 Å². The van der Waals surface area contributed by atoms with E-state index >= 15 is 0 Å². The number of rotatable bonds is 8. The number of piperidine rings is 1. The molecule has 168 valence electrons. The van der Waals surface area contributed by atoms with Gasteiger partial charge in [-0.05, 0) is 25.0 Å². The van der Waals surface area contributed by atoms with Crippen molar-refractivity contribution >= 4 is 23.4 Å². The second kappa shape index (κ2) is 9.44. The zero-order valence-electron chi connectivity index (χ0n) is 17.7. The first-order valence-electron chi connectivity index (χ1n) is 11.1. The molecule has 9 heteroatoms. The van der Waals surface area contributed by atoms with Gasteiger partial charge in [0.15, 0.2) is 6.04 Å². The van der Waals surface area contributed by atoms with Crippen LogP contribution in [0.15, 0.2) is 18.2 Å². The van der Waals surface area contributed by atoms with Crippen LogP contribution in [0.25, 0.3) is 0 Å². The molecule has 3 aliphatic heterocycles.